The number of rotatable bonds is 5. The fourth-order valence-corrected chi connectivity index (χ4v) is 3.37. The number of para-hydroxylation sites is 1. The minimum Gasteiger partial charge on any atom is -0.493 e. The van der Waals surface area contributed by atoms with Crippen LogP contribution in [0.25, 0.3) is 11.1 Å². The number of amides is 2. The Kier molecular flexibility index (Phi) is 5.09. The molecule has 1 aliphatic heterocycles. The van der Waals surface area contributed by atoms with E-state index in [1.807, 2.05) is 0 Å². The first-order valence-corrected chi connectivity index (χ1v) is 9.17. The number of nitrogens with one attached hydrogen (secondary N) is 2. The van der Waals surface area contributed by atoms with Gasteiger partial charge in [-0.2, -0.15) is 5.10 Å². The van der Waals surface area contributed by atoms with E-state index in [9.17, 15) is 14.0 Å². The molecule has 30 heavy (non-hydrogen) atoms. The number of carbonyl (C=O) groups is 2. The molecule has 0 spiro atoms. The summed E-state index contributed by atoms with van der Waals surface area (Å²) in [6.07, 6.45) is 1.45. The molecule has 154 valence electrons. The molecule has 2 aromatic carbocycles. The molecule has 1 atom stereocenters. The van der Waals surface area contributed by atoms with Crippen molar-refractivity contribution in [3.63, 3.8) is 0 Å². The Hall–Kier alpha value is -3.88. The number of ether oxygens (including phenoxy) is 2. The van der Waals surface area contributed by atoms with Crippen LogP contribution in [0.3, 0.4) is 0 Å². The van der Waals surface area contributed by atoms with Crippen LogP contribution in [0.5, 0.6) is 11.5 Å². The van der Waals surface area contributed by atoms with Crippen molar-refractivity contribution in [1.29, 1.82) is 0 Å². The SMILES string of the molecule is COc1ccc(-c2cnn3c2NC(=O)C[C@@H]3C(=O)Nc2ccccc2F)cc1OC. The monoisotopic (exact) mass is 410 g/mol. The molecule has 1 aromatic heterocycles. The van der Waals surface area contributed by atoms with Gasteiger partial charge in [-0.15, -0.1) is 0 Å². The second kappa shape index (κ2) is 7.86. The third-order valence-electron chi connectivity index (χ3n) is 4.86. The summed E-state index contributed by atoms with van der Waals surface area (Å²) in [5.74, 6) is 0.0425. The number of hydrogen-bond acceptors (Lipinski definition) is 5. The molecular formula is C21H19FN4O4. The van der Waals surface area contributed by atoms with Gasteiger partial charge >= 0.3 is 0 Å². The number of anilines is 2. The Balaban J connectivity index is 1.69. The van der Waals surface area contributed by atoms with Gasteiger partial charge in [0.25, 0.3) is 0 Å². The molecule has 2 N–H and O–H groups in total. The lowest BCUT2D eigenvalue weighted by Gasteiger charge is -2.24. The van der Waals surface area contributed by atoms with Gasteiger partial charge in [0.2, 0.25) is 11.8 Å². The molecule has 0 bridgehead atoms. The van der Waals surface area contributed by atoms with E-state index < -0.39 is 17.8 Å². The van der Waals surface area contributed by atoms with E-state index in [4.69, 9.17) is 9.47 Å². The first-order valence-electron chi connectivity index (χ1n) is 9.17. The lowest BCUT2D eigenvalue weighted by Crippen LogP contribution is -2.36. The van der Waals surface area contributed by atoms with Gasteiger partial charge < -0.3 is 20.1 Å². The quantitative estimate of drug-likeness (QED) is 0.674. The largest absolute Gasteiger partial charge is 0.493 e. The number of fused-ring (bicyclic) bond motifs is 1. The van der Waals surface area contributed by atoms with Crippen molar-refractivity contribution in [3.8, 4) is 22.6 Å². The summed E-state index contributed by atoms with van der Waals surface area (Å²) in [6, 6.07) is 10.2. The number of aromatic nitrogens is 2. The molecule has 3 aromatic rings. The molecule has 0 aliphatic carbocycles. The summed E-state index contributed by atoms with van der Waals surface area (Å²) in [6.45, 7) is 0. The highest BCUT2D eigenvalue weighted by Gasteiger charge is 2.33. The zero-order valence-electron chi connectivity index (χ0n) is 16.3. The molecule has 0 saturated carbocycles. The Morgan fingerprint density at radius 3 is 2.70 bits per heavy atom. The number of carbonyl (C=O) groups excluding carboxylic acids is 2. The average Bonchev–Trinajstić information content (AvgIpc) is 3.17. The third-order valence-corrected chi connectivity index (χ3v) is 4.86. The van der Waals surface area contributed by atoms with Gasteiger partial charge in [-0.3, -0.25) is 9.59 Å². The van der Waals surface area contributed by atoms with E-state index >= 15 is 0 Å². The van der Waals surface area contributed by atoms with Crippen LogP contribution in [0, 0.1) is 5.82 Å². The van der Waals surface area contributed by atoms with E-state index in [1.165, 1.54) is 37.1 Å². The van der Waals surface area contributed by atoms with Crippen molar-refractivity contribution in [2.45, 2.75) is 12.5 Å². The molecule has 4 rings (SSSR count). The van der Waals surface area contributed by atoms with E-state index in [0.29, 0.717) is 22.9 Å². The van der Waals surface area contributed by atoms with Crippen LogP contribution in [0.4, 0.5) is 15.9 Å². The van der Waals surface area contributed by atoms with Gasteiger partial charge in [0, 0.05) is 5.56 Å². The highest BCUT2D eigenvalue weighted by Crippen LogP contribution is 2.38. The van der Waals surface area contributed by atoms with Crippen molar-refractivity contribution in [2.75, 3.05) is 24.9 Å². The lowest BCUT2D eigenvalue weighted by molar-refractivity contribution is -0.125. The highest BCUT2D eigenvalue weighted by molar-refractivity contribution is 6.03. The number of nitrogens with zero attached hydrogens (tertiary/aromatic N) is 2. The Morgan fingerprint density at radius 2 is 1.97 bits per heavy atom. The summed E-state index contributed by atoms with van der Waals surface area (Å²) in [7, 11) is 3.07. The van der Waals surface area contributed by atoms with E-state index in [0.717, 1.165) is 5.56 Å². The predicted octanol–water partition coefficient (Wildman–Crippen LogP) is 3.23. The van der Waals surface area contributed by atoms with Crippen molar-refractivity contribution < 1.29 is 23.5 Å². The first-order chi connectivity index (χ1) is 14.5. The fraction of sp³-hybridized carbons (Fsp3) is 0.190. The molecule has 8 nitrogen and oxygen atoms in total. The smallest absolute Gasteiger partial charge is 0.249 e. The van der Waals surface area contributed by atoms with Crippen LogP contribution in [-0.4, -0.2) is 35.8 Å². The van der Waals surface area contributed by atoms with Crippen LogP contribution in [0.15, 0.2) is 48.7 Å². The van der Waals surface area contributed by atoms with Crippen molar-refractivity contribution in [1.82, 2.24) is 9.78 Å². The third kappa shape index (κ3) is 3.45. The standard InChI is InChI=1S/C21H19FN4O4/c1-29-17-8-7-12(9-18(17)30-2)13-11-23-26-16(10-19(27)25-20(13)26)21(28)24-15-6-4-3-5-14(15)22/h3-9,11,16H,10H2,1-2H3,(H,24,28)(H,25,27)/t16-/m1/s1. The number of benzene rings is 2. The van der Waals surface area contributed by atoms with Crippen molar-refractivity contribution >= 4 is 23.3 Å². The molecule has 0 unspecified atom stereocenters. The average molecular weight is 410 g/mol. The van der Waals surface area contributed by atoms with E-state index in [-0.39, 0.29) is 18.0 Å². The number of hydrogen-bond donors (Lipinski definition) is 2. The summed E-state index contributed by atoms with van der Waals surface area (Å²) < 4.78 is 25.9. The molecule has 0 radical (unpaired) electrons. The van der Waals surface area contributed by atoms with Gasteiger partial charge in [0.1, 0.15) is 17.7 Å². The molecule has 0 fully saturated rings. The maximum atomic E-state index is 13.9. The second-order valence-electron chi connectivity index (χ2n) is 6.66. The summed E-state index contributed by atoms with van der Waals surface area (Å²) in [5, 5.41) is 9.61. The summed E-state index contributed by atoms with van der Waals surface area (Å²) in [5.41, 5.74) is 1.39. The minimum absolute atomic E-state index is 0.0438. The molecule has 2 amide bonds. The second-order valence-corrected chi connectivity index (χ2v) is 6.66. The minimum atomic E-state index is -0.915. The highest BCUT2D eigenvalue weighted by atomic mass is 19.1. The number of halogens is 1. The zero-order chi connectivity index (χ0) is 21.3. The molecule has 9 heteroatoms. The number of methoxy groups -OCH3 is 2. The van der Waals surface area contributed by atoms with Gasteiger partial charge in [0.15, 0.2) is 11.5 Å². The molecule has 0 saturated heterocycles. The topological polar surface area (TPSA) is 94.5 Å². The van der Waals surface area contributed by atoms with Gasteiger partial charge in [0.05, 0.1) is 32.5 Å². The molecule has 2 heterocycles. The first kappa shape index (κ1) is 19.4. The van der Waals surface area contributed by atoms with E-state index in [1.54, 1.807) is 30.5 Å². The van der Waals surface area contributed by atoms with Gasteiger partial charge in [-0.25, -0.2) is 9.07 Å². The molecule has 1 aliphatic rings. The lowest BCUT2D eigenvalue weighted by atomic mass is 10.1. The van der Waals surface area contributed by atoms with Crippen LogP contribution < -0.4 is 20.1 Å². The van der Waals surface area contributed by atoms with Crippen molar-refractivity contribution in [2.24, 2.45) is 0 Å². The van der Waals surface area contributed by atoms with Gasteiger partial charge in [-0.1, -0.05) is 18.2 Å². The van der Waals surface area contributed by atoms with Crippen LogP contribution >= 0.6 is 0 Å². The predicted molar refractivity (Wildman–Crippen MR) is 108 cm³/mol. The van der Waals surface area contributed by atoms with E-state index in [2.05, 4.69) is 15.7 Å². The van der Waals surface area contributed by atoms with Crippen LogP contribution in [0.2, 0.25) is 0 Å². The van der Waals surface area contributed by atoms with Crippen LogP contribution in [0.1, 0.15) is 12.5 Å². The van der Waals surface area contributed by atoms with Gasteiger partial charge in [-0.05, 0) is 29.8 Å². The summed E-state index contributed by atoms with van der Waals surface area (Å²) >= 11 is 0. The molecular weight excluding hydrogens is 391 g/mol. The normalized spacial score (nSPS) is 15.2. The van der Waals surface area contributed by atoms with Crippen molar-refractivity contribution in [3.05, 3.63) is 54.5 Å². The zero-order valence-corrected chi connectivity index (χ0v) is 16.3. The Morgan fingerprint density at radius 1 is 1.20 bits per heavy atom. The maximum absolute atomic E-state index is 13.9. The Bertz CT molecular complexity index is 1130. The maximum Gasteiger partial charge on any atom is 0.249 e. The summed E-state index contributed by atoms with van der Waals surface area (Å²) in [4.78, 5) is 25.1. The fourth-order valence-electron chi connectivity index (χ4n) is 3.37. The Labute approximate surface area is 171 Å². The van der Waals surface area contributed by atoms with Crippen LogP contribution in [-0.2, 0) is 9.59 Å².